The summed E-state index contributed by atoms with van der Waals surface area (Å²) < 4.78 is 28.3. The largest absolute Gasteiger partial charge is 0.396 e. The van der Waals surface area contributed by atoms with Crippen molar-refractivity contribution >= 4 is 21.6 Å². The van der Waals surface area contributed by atoms with Crippen molar-refractivity contribution in [2.75, 3.05) is 24.0 Å². The maximum absolute atomic E-state index is 13.4. The lowest BCUT2D eigenvalue weighted by Gasteiger charge is -2.32. The van der Waals surface area contributed by atoms with E-state index in [0.29, 0.717) is 30.8 Å². The van der Waals surface area contributed by atoms with Crippen LogP contribution in [-0.4, -0.2) is 50.1 Å². The van der Waals surface area contributed by atoms with Crippen molar-refractivity contribution in [2.45, 2.75) is 37.1 Å². The van der Waals surface area contributed by atoms with E-state index in [1.165, 1.54) is 10.4 Å². The zero-order valence-electron chi connectivity index (χ0n) is 16.5. The van der Waals surface area contributed by atoms with Crippen LogP contribution < -0.4 is 4.31 Å². The Kier molecular flexibility index (Phi) is 5.36. The number of aliphatic hydroxyl groups excluding tert-OH is 1. The van der Waals surface area contributed by atoms with E-state index in [0.717, 1.165) is 18.4 Å². The number of benzene rings is 2. The van der Waals surface area contributed by atoms with Gasteiger partial charge in [0.05, 0.1) is 10.6 Å². The number of nitrogens with zero attached hydrogens (tertiary/aromatic N) is 2. The van der Waals surface area contributed by atoms with Gasteiger partial charge in [0.2, 0.25) is 0 Å². The lowest BCUT2D eigenvalue weighted by molar-refractivity contribution is 0.0620. The summed E-state index contributed by atoms with van der Waals surface area (Å²) in [6.45, 7) is 3.09. The van der Waals surface area contributed by atoms with E-state index in [1.54, 1.807) is 23.1 Å². The van der Waals surface area contributed by atoms with Crippen molar-refractivity contribution in [1.29, 1.82) is 0 Å². The van der Waals surface area contributed by atoms with Gasteiger partial charge in [0.15, 0.2) is 0 Å². The summed E-state index contributed by atoms with van der Waals surface area (Å²) in [4.78, 5) is 14.8. The topological polar surface area (TPSA) is 77.9 Å². The summed E-state index contributed by atoms with van der Waals surface area (Å²) in [7, 11) is -3.78. The lowest BCUT2D eigenvalue weighted by Crippen LogP contribution is -2.41. The zero-order chi connectivity index (χ0) is 20.6. The molecule has 2 heterocycles. The number of para-hydroxylation sites is 1. The van der Waals surface area contributed by atoms with Crippen LogP contribution in [0.25, 0.3) is 0 Å². The third kappa shape index (κ3) is 3.65. The molecule has 0 spiro atoms. The molecular formula is C22H26N2O4S. The molecule has 0 saturated carbocycles. The second-order valence-electron chi connectivity index (χ2n) is 7.95. The van der Waals surface area contributed by atoms with Gasteiger partial charge in [-0.3, -0.25) is 9.10 Å². The predicted molar refractivity (Wildman–Crippen MR) is 111 cm³/mol. The fraction of sp³-hybridized carbons (Fsp3) is 0.409. The Morgan fingerprint density at radius 1 is 1.17 bits per heavy atom. The van der Waals surface area contributed by atoms with Gasteiger partial charge < -0.3 is 10.0 Å². The highest BCUT2D eigenvalue weighted by Gasteiger charge is 2.36. The molecule has 154 valence electrons. The highest BCUT2D eigenvalue weighted by Crippen LogP contribution is 2.36. The minimum atomic E-state index is -3.78. The number of hydrogen-bond donors (Lipinski definition) is 1. The fourth-order valence-electron chi connectivity index (χ4n) is 4.39. The Hall–Kier alpha value is -2.38. The van der Waals surface area contributed by atoms with Gasteiger partial charge in [-0.05, 0) is 61.9 Å². The van der Waals surface area contributed by atoms with Crippen LogP contribution in [0.5, 0.6) is 0 Å². The van der Waals surface area contributed by atoms with Crippen LogP contribution in [-0.2, 0) is 16.4 Å². The van der Waals surface area contributed by atoms with Gasteiger partial charge in [0.1, 0.15) is 0 Å². The second kappa shape index (κ2) is 7.80. The first-order valence-electron chi connectivity index (χ1n) is 10.0. The number of sulfonamides is 1. The van der Waals surface area contributed by atoms with Crippen molar-refractivity contribution in [2.24, 2.45) is 5.92 Å². The summed E-state index contributed by atoms with van der Waals surface area (Å²) in [6.07, 6.45) is 2.42. The summed E-state index contributed by atoms with van der Waals surface area (Å²) in [5, 5.41) is 9.42. The molecule has 0 radical (unpaired) electrons. The Morgan fingerprint density at radius 3 is 2.76 bits per heavy atom. The first-order valence-corrected chi connectivity index (χ1v) is 11.5. The molecule has 1 fully saturated rings. The molecule has 2 aliphatic heterocycles. The summed E-state index contributed by atoms with van der Waals surface area (Å²) in [5.41, 5.74) is 2.09. The van der Waals surface area contributed by atoms with E-state index in [9.17, 15) is 18.3 Å². The molecule has 1 N–H and O–H groups in total. The quantitative estimate of drug-likeness (QED) is 0.834. The molecule has 1 amide bonds. The molecule has 2 aromatic rings. The Morgan fingerprint density at radius 2 is 1.97 bits per heavy atom. The molecule has 6 nitrogen and oxygen atoms in total. The number of carbonyl (C=O) groups is 1. The molecule has 7 heteroatoms. The smallest absolute Gasteiger partial charge is 0.264 e. The molecule has 2 unspecified atom stereocenters. The van der Waals surface area contributed by atoms with Crippen LogP contribution in [0.2, 0.25) is 0 Å². The maximum Gasteiger partial charge on any atom is 0.264 e. The number of rotatable bonds is 4. The van der Waals surface area contributed by atoms with Gasteiger partial charge >= 0.3 is 0 Å². The molecule has 0 bridgehead atoms. The zero-order valence-corrected chi connectivity index (χ0v) is 17.3. The summed E-state index contributed by atoms with van der Waals surface area (Å²) in [6, 6.07) is 13.7. The molecule has 0 aromatic heterocycles. The number of hydrogen-bond acceptors (Lipinski definition) is 4. The summed E-state index contributed by atoms with van der Waals surface area (Å²) in [5.74, 6) is -0.100. The van der Waals surface area contributed by atoms with Crippen molar-refractivity contribution in [1.82, 2.24) is 4.90 Å². The van der Waals surface area contributed by atoms with Crippen LogP contribution in [0, 0.1) is 5.92 Å². The second-order valence-corrected chi connectivity index (χ2v) is 9.77. The van der Waals surface area contributed by atoms with Crippen LogP contribution in [0.15, 0.2) is 53.4 Å². The van der Waals surface area contributed by atoms with Gasteiger partial charge in [0.25, 0.3) is 15.9 Å². The number of amides is 1. The molecule has 1 saturated heterocycles. The van der Waals surface area contributed by atoms with Gasteiger partial charge in [-0.1, -0.05) is 24.3 Å². The summed E-state index contributed by atoms with van der Waals surface area (Å²) >= 11 is 0. The first-order chi connectivity index (χ1) is 13.9. The third-order valence-electron chi connectivity index (χ3n) is 5.85. The molecule has 2 atom stereocenters. The van der Waals surface area contributed by atoms with Crippen LogP contribution in [0.3, 0.4) is 0 Å². The predicted octanol–water partition coefficient (Wildman–Crippen LogP) is 2.67. The standard InChI is InChI=1S/C22H26N2O4S/c1-16-12-18-7-2-3-10-21(18)24(16)29(27,28)20-9-4-8-19(13-20)22(26)23-11-5-6-17(14-23)15-25/h2-4,7-10,13,16-17,25H,5-6,11-12,14-15H2,1H3. The van der Waals surface area contributed by atoms with Gasteiger partial charge in [-0.15, -0.1) is 0 Å². The average Bonchev–Trinajstić information content (AvgIpc) is 3.09. The van der Waals surface area contributed by atoms with Crippen LogP contribution in [0.4, 0.5) is 5.69 Å². The molecule has 29 heavy (non-hydrogen) atoms. The monoisotopic (exact) mass is 414 g/mol. The van der Waals surface area contributed by atoms with Gasteiger partial charge in [0, 0.05) is 31.3 Å². The molecule has 2 aliphatic rings. The third-order valence-corrected chi connectivity index (χ3v) is 7.77. The number of carbonyl (C=O) groups excluding carboxylic acids is 1. The number of piperidine rings is 1. The first kappa shape index (κ1) is 19.9. The maximum atomic E-state index is 13.4. The SMILES string of the molecule is CC1Cc2ccccc2N1S(=O)(=O)c1cccc(C(=O)N2CCCC(CO)C2)c1. The van der Waals surface area contributed by atoms with E-state index in [2.05, 4.69) is 0 Å². The van der Waals surface area contributed by atoms with Crippen LogP contribution in [0.1, 0.15) is 35.7 Å². The molecule has 2 aromatic carbocycles. The number of aliphatic hydroxyl groups is 1. The van der Waals surface area contributed by atoms with E-state index in [-0.39, 0.29) is 29.4 Å². The van der Waals surface area contributed by atoms with Crippen molar-refractivity contribution in [3.63, 3.8) is 0 Å². The van der Waals surface area contributed by atoms with E-state index >= 15 is 0 Å². The van der Waals surface area contributed by atoms with Crippen molar-refractivity contribution in [3.8, 4) is 0 Å². The minimum absolute atomic E-state index is 0.0600. The lowest BCUT2D eigenvalue weighted by atomic mass is 9.98. The fourth-order valence-corrected chi connectivity index (χ4v) is 6.13. The highest BCUT2D eigenvalue weighted by atomic mass is 32.2. The van der Waals surface area contributed by atoms with Gasteiger partial charge in [-0.2, -0.15) is 0 Å². The molecule has 4 rings (SSSR count). The van der Waals surface area contributed by atoms with Crippen molar-refractivity contribution in [3.05, 3.63) is 59.7 Å². The Balaban J connectivity index is 1.64. The molecular weight excluding hydrogens is 388 g/mol. The Labute approximate surface area is 171 Å². The van der Waals surface area contributed by atoms with Gasteiger partial charge in [-0.25, -0.2) is 8.42 Å². The number of anilines is 1. The van der Waals surface area contributed by atoms with E-state index in [4.69, 9.17) is 0 Å². The van der Waals surface area contributed by atoms with E-state index < -0.39 is 10.0 Å². The normalized spacial score (nSPS) is 21.9. The van der Waals surface area contributed by atoms with Crippen LogP contribution >= 0.6 is 0 Å². The van der Waals surface area contributed by atoms with E-state index in [1.807, 2.05) is 31.2 Å². The molecule has 0 aliphatic carbocycles. The van der Waals surface area contributed by atoms with Crippen molar-refractivity contribution < 1.29 is 18.3 Å². The Bertz CT molecular complexity index is 1020. The number of likely N-dealkylation sites (tertiary alicyclic amines) is 1. The minimum Gasteiger partial charge on any atom is -0.396 e. The highest BCUT2D eigenvalue weighted by molar-refractivity contribution is 7.92. The average molecular weight is 415 g/mol. The number of fused-ring (bicyclic) bond motifs is 1.